The van der Waals surface area contributed by atoms with Crippen LogP contribution in [0.1, 0.15) is 35.7 Å². The molecule has 1 aliphatic heterocycles. The van der Waals surface area contributed by atoms with E-state index in [-0.39, 0.29) is 11.8 Å². The minimum atomic E-state index is -0.710. The third-order valence-corrected chi connectivity index (χ3v) is 6.01. The summed E-state index contributed by atoms with van der Waals surface area (Å²) in [5.41, 5.74) is 2.80. The Hall–Kier alpha value is -3.61. The molecule has 1 fully saturated rings. The zero-order valence-electron chi connectivity index (χ0n) is 18.2. The van der Waals surface area contributed by atoms with E-state index in [1.54, 1.807) is 41.8 Å². The van der Waals surface area contributed by atoms with Gasteiger partial charge in [-0.15, -0.1) is 0 Å². The van der Waals surface area contributed by atoms with Crippen molar-refractivity contribution in [3.63, 3.8) is 0 Å². The second-order valence-corrected chi connectivity index (χ2v) is 8.17. The molecule has 2 amide bonds. The monoisotopic (exact) mass is 429 g/mol. The molecule has 164 valence electrons. The number of benzene rings is 1. The van der Waals surface area contributed by atoms with Crippen LogP contribution in [-0.2, 0) is 11.2 Å². The van der Waals surface area contributed by atoms with E-state index in [0.29, 0.717) is 31.6 Å². The molecule has 1 atom stereocenters. The van der Waals surface area contributed by atoms with Crippen LogP contribution in [0, 0.1) is 5.41 Å². The molecule has 7 nitrogen and oxygen atoms in total. The van der Waals surface area contributed by atoms with Crippen LogP contribution in [-0.4, -0.2) is 51.3 Å². The topological polar surface area (TPSA) is 88.1 Å². The molecule has 0 unspecified atom stereocenters. The van der Waals surface area contributed by atoms with Crippen molar-refractivity contribution in [1.82, 2.24) is 25.2 Å². The number of hydrogen-bond acceptors (Lipinski definition) is 5. The molecule has 0 aliphatic carbocycles. The summed E-state index contributed by atoms with van der Waals surface area (Å²) in [6.07, 6.45) is 10.3. The fourth-order valence-electron chi connectivity index (χ4n) is 4.49. The number of nitrogens with zero attached hydrogens (tertiary/aromatic N) is 4. The number of aromatic nitrogens is 3. The third-order valence-electron chi connectivity index (χ3n) is 6.01. The summed E-state index contributed by atoms with van der Waals surface area (Å²) in [6.45, 7) is 3.46. The highest BCUT2D eigenvalue weighted by atomic mass is 16.2. The molecule has 7 heteroatoms. The first kappa shape index (κ1) is 21.6. The Bertz CT molecular complexity index is 1070. The van der Waals surface area contributed by atoms with E-state index in [2.05, 4.69) is 20.3 Å². The van der Waals surface area contributed by atoms with Gasteiger partial charge in [0, 0.05) is 50.0 Å². The fraction of sp³-hybridized carbons (Fsp3) is 0.320. The van der Waals surface area contributed by atoms with Crippen LogP contribution in [0.3, 0.4) is 0 Å². The zero-order valence-corrected chi connectivity index (χ0v) is 18.2. The predicted molar refractivity (Wildman–Crippen MR) is 122 cm³/mol. The summed E-state index contributed by atoms with van der Waals surface area (Å²) < 4.78 is 0. The van der Waals surface area contributed by atoms with Crippen molar-refractivity contribution in [1.29, 1.82) is 0 Å². The molecule has 3 heterocycles. The van der Waals surface area contributed by atoms with Crippen molar-refractivity contribution < 1.29 is 9.59 Å². The van der Waals surface area contributed by atoms with Gasteiger partial charge in [0.2, 0.25) is 5.91 Å². The molecular formula is C25H27N5O2. The van der Waals surface area contributed by atoms with Crippen LogP contribution in [0.2, 0.25) is 0 Å². The molecule has 2 aromatic heterocycles. The fourth-order valence-corrected chi connectivity index (χ4v) is 4.49. The van der Waals surface area contributed by atoms with Crippen molar-refractivity contribution in [3.05, 3.63) is 78.6 Å². The number of amides is 2. The Balaban J connectivity index is 1.68. The number of likely N-dealkylation sites (tertiary alicyclic amines) is 1. The average Bonchev–Trinajstić information content (AvgIpc) is 2.85. The van der Waals surface area contributed by atoms with E-state index in [9.17, 15) is 9.59 Å². The Morgan fingerprint density at radius 2 is 1.88 bits per heavy atom. The molecule has 0 bridgehead atoms. The predicted octanol–water partition coefficient (Wildman–Crippen LogP) is 3.14. The Morgan fingerprint density at radius 1 is 1.06 bits per heavy atom. The largest absolute Gasteiger partial charge is 0.356 e. The Kier molecular flexibility index (Phi) is 6.54. The molecule has 1 N–H and O–H groups in total. The molecule has 0 radical (unpaired) electrons. The number of piperidine rings is 1. The molecule has 4 rings (SSSR count). The highest BCUT2D eigenvalue weighted by molar-refractivity contribution is 5.94. The van der Waals surface area contributed by atoms with Crippen molar-refractivity contribution in [2.45, 2.75) is 26.2 Å². The van der Waals surface area contributed by atoms with Gasteiger partial charge < -0.3 is 10.2 Å². The van der Waals surface area contributed by atoms with Gasteiger partial charge in [-0.2, -0.15) is 0 Å². The van der Waals surface area contributed by atoms with E-state index in [0.717, 1.165) is 29.5 Å². The lowest BCUT2D eigenvalue weighted by molar-refractivity contribution is -0.133. The summed E-state index contributed by atoms with van der Waals surface area (Å²) in [7, 11) is 0. The molecule has 1 aromatic carbocycles. The second-order valence-electron chi connectivity index (χ2n) is 8.17. The minimum Gasteiger partial charge on any atom is -0.356 e. The summed E-state index contributed by atoms with van der Waals surface area (Å²) in [5, 5.41) is 3.02. The number of nitrogens with one attached hydrogen (secondary N) is 1. The van der Waals surface area contributed by atoms with Crippen molar-refractivity contribution in [3.8, 4) is 11.1 Å². The first-order chi connectivity index (χ1) is 15.6. The van der Waals surface area contributed by atoms with Gasteiger partial charge >= 0.3 is 0 Å². The van der Waals surface area contributed by atoms with Gasteiger partial charge in [-0.1, -0.05) is 24.3 Å². The maximum atomic E-state index is 13.4. The zero-order chi connectivity index (χ0) is 22.4. The first-order valence-electron chi connectivity index (χ1n) is 10.9. The third kappa shape index (κ3) is 4.51. The number of pyridine rings is 1. The van der Waals surface area contributed by atoms with Gasteiger partial charge in [0.1, 0.15) is 6.33 Å². The van der Waals surface area contributed by atoms with Gasteiger partial charge in [0.25, 0.3) is 5.91 Å². The van der Waals surface area contributed by atoms with Crippen LogP contribution in [0.15, 0.2) is 67.5 Å². The van der Waals surface area contributed by atoms with Crippen LogP contribution in [0.4, 0.5) is 0 Å². The van der Waals surface area contributed by atoms with Crippen LogP contribution in [0.5, 0.6) is 0 Å². The van der Waals surface area contributed by atoms with Gasteiger partial charge in [-0.05, 0) is 49.4 Å². The summed E-state index contributed by atoms with van der Waals surface area (Å²) in [4.78, 5) is 40.7. The summed E-state index contributed by atoms with van der Waals surface area (Å²) >= 11 is 0. The van der Waals surface area contributed by atoms with Crippen LogP contribution < -0.4 is 5.32 Å². The van der Waals surface area contributed by atoms with Gasteiger partial charge in [0.05, 0.1) is 11.0 Å². The lowest BCUT2D eigenvalue weighted by Gasteiger charge is -2.42. The quantitative estimate of drug-likeness (QED) is 0.650. The van der Waals surface area contributed by atoms with Crippen LogP contribution >= 0.6 is 0 Å². The lowest BCUT2D eigenvalue weighted by Crippen LogP contribution is -2.54. The highest BCUT2D eigenvalue weighted by Gasteiger charge is 2.43. The molecule has 1 saturated heterocycles. The number of rotatable bonds is 6. The number of carbonyl (C=O) groups excluding carboxylic acids is 2. The van der Waals surface area contributed by atoms with E-state index in [4.69, 9.17) is 0 Å². The average molecular weight is 430 g/mol. The summed E-state index contributed by atoms with van der Waals surface area (Å²) in [6, 6.07) is 11.6. The number of hydrogen-bond donors (Lipinski definition) is 1. The van der Waals surface area contributed by atoms with E-state index >= 15 is 0 Å². The molecule has 0 spiro atoms. The molecule has 32 heavy (non-hydrogen) atoms. The van der Waals surface area contributed by atoms with E-state index in [1.165, 1.54) is 6.33 Å². The Labute approximate surface area is 187 Å². The van der Waals surface area contributed by atoms with E-state index in [1.807, 2.05) is 31.2 Å². The minimum absolute atomic E-state index is 0.0113. The SMILES string of the molecule is CCNC(=O)[C@@]1(Cc2ccccc2-c2cncnc2)CCCN(C(=O)c2cccnc2)C1. The molecule has 1 aliphatic rings. The van der Waals surface area contributed by atoms with Gasteiger partial charge in [-0.3, -0.25) is 14.6 Å². The van der Waals surface area contributed by atoms with Gasteiger partial charge in [0.15, 0.2) is 0 Å². The van der Waals surface area contributed by atoms with E-state index < -0.39 is 5.41 Å². The molecule has 0 saturated carbocycles. The summed E-state index contributed by atoms with van der Waals surface area (Å²) in [5.74, 6) is -0.0981. The van der Waals surface area contributed by atoms with Gasteiger partial charge in [-0.25, -0.2) is 9.97 Å². The van der Waals surface area contributed by atoms with Crippen LogP contribution in [0.25, 0.3) is 11.1 Å². The highest BCUT2D eigenvalue weighted by Crippen LogP contribution is 2.37. The second kappa shape index (κ2) is 9.68. The molecule has 3 aromatic rings. The maximum absolute atomic E-state index is 13.4. The first-order valence-corrected chi connectivity index (χ1v) is 10.9. The lowest BCUT2D eigenvalue weighted by atomic mass is 9.73. The smallest absolute Gasteiger partial charge is 0.255 e. The maximum Gasteiger partial charge on any atom is 0.255 e. The van der Waals surface area contributed by atoms with Crippen molar-refractivity contribution in [2.24, 2.45) is 5.41 Å². The van der Waals surface area contributed by atoms with Crippen molar-refractivity contribution in [2.75, 3.05) is 19.6 Å². The normalized spacial score (nSPS) is 18.2. The number of carbonyl (C=O) groups is 2. The van der Waals surface area contributed by atoms with Crippen molar-refractivity contribution >= 4 is 11.8 Å². The Morgan fingerprint density at radius 3 is 2.62 bits per heavy atom. The molecular weight excluding hydrogens is 402 g/mol. The standard InChI is InChI=1S/C25H27N5O2/c1-2-29-24(32)25(10-6-12-30(17-25)23(31)20-8-5-11-26-14-20)13-19-7-3-4-9-22(19)21-15-27-18-28-16-21/h3-5,7-9,11,14-16,18H,2,6,10,12-13,17H2,1H3,(H,29,32)/t25-/m1/s1.